The van der Waals surface area contributed by atoms with E-state index < -0.39 is 0 Å². The molecule has 0 aliphatic carbocycles. The van der Waals surface area contributed by atoms with E-state index in [0.29, 0.717) is 11.6 Å². The minimum absolute atomic E-state index is 0.116. The molecular formula is C17H15FN4O2S. The SMILES string of the molecule is O=C(CSCC(=O)Nc1nc2ccccc2[nH]1)Nc1ccc(F)cc1. The van der Waals surface area contributed by atoms with Crippen molar-refractivity contribution in [3.05, 3.63) is 54.3 Å². The molecule has 0 fully saturated rings. The lowest BCUT2D eigenvalue weighted by Crippen LogP contribution is -2.18. The van der Waals surface area contributed by atoms with Gasteiger partial charge in [-0.2, -0.15) is 0 Å². The van der Waals surface area contributed by atoms with E-state index in [4.69, 9.17) is 0 Å². The molecule has 3 aromatic rings. The van der Waals surface area contributed by atoms with Crippen molar-refractivity contribution in [2.45, 2.75) is 0 Å². The Kier molecular flexibility index (Phi) is 5.30. The lowest BCUT2D eigenvalue weighted by molar-refractivity contribution is -0.114. The maximum atomic E-state index is 12.8. The summed E-state index contributed by atoms with van der Waals surface area (Å²) in [7, 11) is 0. The molecule has 0 bridgehead atoms. The minimum atomic E-state index is -0.366. The fourth-order valence-electron chi connectivity index (χ4n) is 2.15. The van der Waals surface area contributed by atoms with Gasteiger partial charge in [-0.3, -0.25) is 14.9 Å². The third kappa shape index (κ3) is 4.80. The number of halogens is 1. The summed E-state index contributed by atoms with van der Waals surface area (Å²) >= 11 is 1.18. The van der Waals surface area contributed by atoms with E-state index in [2.05, 4.69) is 20.6 Å². The quantitative estimate of drug-likeness (QED) is 0.632. The summed E-state index contributed by atoms with van der Waals surface area (Å²) in [6.45, 7) is 0. The van der Waals surface area contributed by atoms with Crippen LogP contribution in [0.1, 0.15) is 0 Å². The molecule has 8 heteroatoms. The first kappa shape index (κ1) is 17.0. The lowest BCUT2D eigenvalue weighted by atomic mass is 10.3. The standard InChI is InChI=1S/C17H15FN4O2S/c18-11-5-7-12(8-6-11)19-15(23)9-25-10-16(24)22-17-20-13-3-1-2-4-14(13)21-17/h1-8H,9-10H2,(H,19,23)(H2,20,21,22,24). The van der Waals surface area contributed by atoms with Gasteiger partial charge in [0.1, 0.15) is 5.82 Å². The van der Waals surface area contributed by atoms with Crippen molar-refractivity contribution in [3.8, 4) is 0 Å². The first-order chi connectivity index (χ1) is 12.1. The summed E-state index contributed by atoms with van der Waals surface area (Å²) in [6, 6.07) is 12.9. The number of rotatable bonds is 6. The zero-order chi connectivity index (χ0) is 17.6. The van der Waals surface area contributed by atoms with Gasteiger partial charge in [-0.15, -0.1) is 11.8 Å². The van der Waals surface area contributed by atoms with Gasteiger partial charge in [0, 0.05) is 5.69 Å². The van der Waals surface area contributed by atoms with Crippen LogP contribution in [0.25, 0.3) is 11.0 Å². The van der Waals surface area contributed by atoms with Gasteiger partial charge in [-0.1, -0.05) is 12.1 Å². The van der Waals surface area contributed by atoms with Gasteiger partial charge in [0.2, 0.25) is 17.8 Å². The maximum Gasteiger partial charge on any atom is 0.236 e. The number of amides is 2. The van der Waals surface area contributed by atoms with Crippen LogP contribution in [-0.4, -0.2) is 33.3 Å². The van der Waals surface area contributed by atoms with Crippen LogP contribution in [0.2, 0.25) is 0 Å². The number of benzene rings is 2. The maximum absolute atomic E-state index is 12.8. The van der Waals surface area contributed by atoms with Gasteiger partial charge in [0.05, 0.1) is 22.5 Å². The highest BCUT2D eigenvalue weighted by molar-refractivity contribution is 8.00. The average molecular weight is 358 g/mol. The van der Waals surface area contributed by atoms with Crippen molar-refractivity contribution in [2.75, 3.05) is 22.1 Å². The van der Waals surface area contributed by atoms with Crippen LogP contribution in [0.3, 0.4) is 0 Å². The number of imidazole rings is 1. The first-order valence-electron chi connectivity index (χ1n) is 7.48. The summed E-state index contributed by atoms with van der Waals surface area (Å²) in [5.74, 6) is -0.261. The summed E-state index contributed by atoms with van der Waals surface area (Å²) < 4.78 is 12.8. The number of H-pyrrole nitrogens is 1. The van der Waals surface area contributed by atoms with E-state index in [9.17, 15) is 14.0 Å². The molecular weight excluding hydrogens is 343 g/mol. The second-order valence-corrected chi connectivity index (χ2v) is 6.18. The second kappa shape index (κ2) is 7.80. The molecule has 0 atom stereocenters. The molecule has 0 aliphatic rings. The Balaban J connectivity index is 1.42. The van der Waals surface area contributed by atoms with Crippen LogP contribution in [0.15, 0.2) is 48.5 Å². The Bertz CT molecular complexity index is 862. The number of carbonyl (C=O) groups is 2. The summed E-state index contributed by atoms with van der Waals surface area (Å²) in [6.07, 6.45) is 0. The molecule has 3 rings (SSSR count). The molecule has 1 heterocycles. The van der Waals surface area contributed by atoms with Crippen LogP contribution in [0, 0.1) is 5.82 Å². The van der Waals surface area contributed by atoms with Gasteiger partial charge in [-0.25, -0.2) is 9.37 Å². The van der Waals surface area contributed by atoms with Gasteiger partial charge in [-0.05, 0) is 36.4 Å². The molecule has 2 amide bonds. The molecule has 0 saturated heterocycles. The van der Waals surface area contributed by atoms with Crippen molar-refractivity contribution >= 4 is 46.2 Å². The number of fused-ring (bicyclic) bond motifs is 1. The number of thioether (sulfide) groups is 1. The number of para-hydroxylation sites is 2. The molecule has 0 aliphatic heterocycles. The Morgan fingerprint density at radius 2 is 1.68 bits per heavy atom. The molecule has 0 unspecified atom stereocenters. The Morgan fingerprint density at radius 3 is 2.40 bits per heavy atom. The average Bonchev–Trinajstić information content (AvgIpc) is 2.99. The number of carbonyl (C=O) groups excluding carboxylic acids is 2. The van der Waals surface area contributed by atoms with Crippen molar-refractivity contribution in [1.29, 1.82) is 0 Å². The number of nitrogens with one attached hydrogen (secondary N) is 3. The highest BCUT2D eigenvalue weighted by Crippen LogP contribution is 2.14. The monoisotopic (exact) mass is 358 g/mol. The molecule has 128 valence electrons. The molecule has 3 N–H and O–H groups in total. The fourth-order valence-corrected chi connectivity index (χ4v) is 2.76. The van der Waals surface area contributed by atoms with Crippen molar-refractivity contribution < 1.29 is 14.0 Å². The zero-order valence-electron chi connectivity index (χ0n) is 13.1. The number of anilines is 2. The predicted molar refractivity (Wildman–Crippen MR) is 97.1 cm³/mol. The minimum Gasteiger partial charge on any atom is -0.325 e. The smallest absolute Gasteiger partial charge is 0.236 e. The number of aromatic amines is 1. The Hall–Kier alpha value is -2.87. The second-order valence-electron chi connectivity index (χ2n) is 5.20. The first-order valence-corrected chi connectivity index (χ1v) is 8.63. The summed E-state index contributed by atoms with van der Waals surface area (Å²) in [4.78, 5) is 30.9. The molecule has 25 heavy (non-hydrogen) atoms. The third-order valence-electron chi connectivity index (χ3n) is 3.24. The third-order valence-corrected chi connectivity index (χ3v) is 4.17. The van der Waals surface area contributed by atoms with Crippen LogP contribution in [0.5, 0.6) is 0 Å². The fraction of sp³-hybridized carbons (Fsp3) is 0.118. The molecule has 0 radical (unpaired) electrons. The van der Waals surface area contributed by atoms with E-state index >= 15 is 0 Å². The van der Waals surface area contributed by atoms with Crippen molar-refractivity contribution in [2.24, 2.45) is 0 Å². The summed E-state index contributed by atoms with van der Waals surface area (Å²) in [5, 5.41) is 5.29. The number of aromatic nitrogens is 2. The normalized spacial score (nSPS) is 10.6. The van der Waals surface area contributed by atoms with Gasteiger partial charge in [0.25, 0.3) is 0 Å². The zero-order valence-corrected chi connectivity index (χ0v) is 13.9. The van der Waals surface area contributed by atoms with Crippen molar-refractivity contribution in [3.63, 3.8) is 0 Å². The Labute approximate surface area is 147 Å². The molecule has 1 aromatic heterocycles. The van der Waals surface area contributed by atoms with E-state index in [1.807, 2.05) is 24.3 Å². The van der Waals surface area contributed by atoms with E-state index in [0.717, 1.165) is 11.0 Å². The van der Waals surface area contributed by atoms with E-state index in [1.54, 1.807) is 0 Å². The van der Waals surface area contributed by atoms with Gasteiger partial charge < -0.3 is 10.3 Å². The van der Waals surface area contributed by atoms with Gasteiger partial charge in [0.15, 0.2) is 0 Å². The predicted octanol–water partition coefficient (Wildman–Crippen LogP) is 3.01. The number of hydrogen-bond donors (Lipinski definition) is 3. The molecule has 6 nitrogen and oxygen atoms in total. The van der Waals surface area contributed by atoms with E-state index in [1.165, 1.54) is 36.0 Å². The highest BCUT2D eigenvalue weighted by atomic mass is 32.2. The van der Waals surface area contributed by atoms with Crippen molar-refractivity contribution in [1.82, 2.24) is 9.97 Å². The largest absolute Gasteiger partial charge is 0.325 e. The molecule has 0 saturated carbocycles. The lowest BCUT2D eigenvalue weighted by Gasteiger charge is -2.05. The van der Waals surface area contributed by atoms with E-state index in [-0.39, 0.29) is 29.1 Å². The summed E-state index contributed by atoms with van der Waals surface area (Å²) in [5.41, 5.74) is 2.12. The molecule has 0 spiro atoms. The van der Waals surface area contributed by atoms with Crippen LogP contribution in [0.4, 0.5) is 16.0 Å². The highest BCUT2D eigenvalue weighted by Gasteiger charge is 2.09. The number of nitrogens with zero attached hydrogens (tertiary/aromatic N) is 1. The molecule has 2 aromatic carbocycles. The van der Waals surface area contributed by atoms with Gasteiger partial charge >= 0.3 is 0 Å². The Morgan fingerprint density at radius 1 is 1.00 bits per heavy atom. The van der Waals surface area contributed by atoms with Crippen LogP contribution in [-0.2, 0) is 9.59 Å². The van der Waals surface area contributed by atoms with Crippen LogP contribution >= 0.6 is 11.8 Å². The van der Waals surface area contributed by atoms with Crippen LogP contribution < -0.4 is 10.6 Å². The number of hydrogen-bond acceptors (Lipinski definition) is 4. The topological polar surface area (TPSA) is 86.9 Å².